The van der Waals surface area contributed by atoms with Crippen molar-refractivity contribution < 1.29 is 4.74 Å². The van der Waals surface area contributed by atoms with Gasteiger partial charge in [-0.25, -0.2) is 0 Å². The van der Waals surface area contributed by atoms with Gasteiger partial charge in [-0.15, -0.1) is 0 Å². The molecule has 2 saturated heterocycles. The summed E-state index contributed by atoms with van der Waals surface area (Å²) >= 11 is 0. The molecule has 0 aromatic carbocycles. The summed E-state index contributed by atoms with van der Waals surface area (Å²) in [5, 5.41) is 0. The molecule has 2 unspecified atom stereocenters. The van der Waals surface area contributed by atoms with Crippen molar-refractivity contribution in [1.29, 1.82) is 0 Å². The van der Waals surface area contributed by atoms with Gasteiger partial charge in [0.05, 0.1) is 6.61 Å². The number of hydrogen-bond acceptors (Lipinski definition) is 2. The summed E-state index contributed by atoms with van der Waals surface area (Å²) < 4.78 is 5.61. The van der Waals surface area contributed by atoms with Crippen LogP contribution in [0.2, 0.25) is 0 Å². The molecule has 0 spiro atoms. The lowest BCUT2D eigenvalue weighted by molar-refractivity contribution is 0.00832. The van der Waals surface area contributed by atoms with Gasteiger partial charge in [-0.2, -0.15) is 0 Å². The summed E-state index contributed by atoms with van der Waals surface area (Å²) in [5.74, 6) is 1.58. The summed E-state index contributed by atoms with van der Waals surface area (Å²) in [7, 11) is 0. The van der Waals surface area contributed by atoms with Crippen LogP contribution in [0.3, 0.4) is 0 Å². The SMILES string of the molecule is CC(C)[C@H]1CC2COCCC2N1C(C)C. The molecule has 2 rings (SSSR count). The Balaban J connectivity index is 2.14. The molecule has 2 heteroatoms. The Bertz CT molecular complexity index is 213. The highest BCUT2D eigenvalue weighted by Gasteiger charge is 2.44. The Kier molecular flexibility index (Phi) is 3.36. The molecule has 0 radical (unpaired) electrons. The van der Waals surface area contributed by atoms with Crippen molar-refractivity contribution in [1.82, 2.24) is 4.90 Å². The van der Waals surface area contributed by atoms with Gasteiger partial charge >= 0.3 is 0 Å². The number of rotatable bonds is 2. The summed E-state index contributed by atoms with van der Waals surface area (Å²) in [6.07, 6.45) is 2.59. The average molecular weight is 211 g/mol. The first-order valence-electron chi connectivity index (χ1n) is 6.46. The second kappa shape index (κ2) is 4.42. The van der Waals surface area contributed by atoms with E-state index in [9.17, 15) is 0 Å². The van der Waals surface area contributed by atoms with Gasteiger partial charge in [0.2, 0.25) is 0 Å². The predicted octanol–water partition coefficient (Wildman–Crippen LogP) is 2.53. The van der Waals surface area contributed by atoms with Gasteiger partial charge in [-0.05, 0) is 38.5 Å². The molecule has 0 aromatic heterocycles. The predicted molar refractivity (Wildman–Crippen MR) is 62.9 cm³/mol. The van der Waals surface area contributed by atoms with Gasteiger partial charge in [-0.3, -0.25) is 4.90 Å². The van der Waals surface area contributed by atoms with E-state index in [2.05, 4.69) is 32.6 Å². The van der Waals surface area contributed by atoms with Crippen LogP contribution in [-0.2, 0) is 4.74 Å². The largest absolute Gasteiger partial charge is 0.381 e. The summed E-state index contributed by atoms with van der Waals surface area (Å²) in [6.45, 7) is 11.4. The van der Waals surface area contributed by atoms with Crippen LogP contribution < -0.4 is 0 Å². The fourth-order valence-corrected chi connectivity index (χ4v) is 3.46. The molecule has 15 heavy (non-hydrogen) atoms. The first-order valence-corrected chi connectivity index (χ1v) is 6.46. The zero-order chi connectivity index (χ0) is 11.0. The molecule has 2 heterocycles. The molecule has 2 fully saturated rings. The van der Waals surface area contributed by atoms with Crippen molar-refractivity contribution in [3.05, 3.63) is 0 Å². The molecule has 0 amide bonds. The lowest BCUT2D eigenvalue weighted by Crippen LogP contribution is -2.46. The van der Waals surface area contributed by atoms with E-state index in [1.807, 2.05) is 0 Å². The fraction of sp³-hybridized carbons (Fsp3) is 1.00. The van der Waals surface area contributed by atoms with E-state index >= 15 is 0 Å². The van der Waals surface area contributed by atoms with Crippen LogP contribution in [0.5, 0.6) is 0 Å². The van der Waals surface area contributed by atoms with Gasteiger partial charge in [-0.1, -0.05) is 13.8 Å². The summed E-state index contributed by atoms with van der Waals surface area (Å²) in [5.41, 5.74) is 0. The smallest absolute Gasteiger partial charge is 0.0509 e. The van der Waals surface area contributed by atoms with Crippen LogP contribution >= 0.6 is 0 Å². The monoisotopic (exact) mass is 211 g/mol. The number of ether oxygens (including phenoxy) is 1. The fourth-order valence-electron chi connectivity index (χ4n) is 3.46. The number of hydrogen-bond donors (Lipinski definition) is 0. The zero-order valence-electron chi connectivity index (χ0n) is 10.6. The highest BCUT2D eigenvalue weighted by atomic mass is 16.5. The van der Waals surface area contributed by atoms with Crippen LogP contribution in [-0.4, -0.2) is 36.2 Å². The Hall–Kier alpha value is -0.0800. The average Bonchev–Trinajstić information content (AvgIpc) is 2.56. The highest BCUT2D eigenvalue weighted by molar-refractivity contribution is 4.97. The maximum atomic E-state index is 5.61. The summed E-state index contributed by atoms with van der Waals surface area (Å²) in [6, 6.07) is 2.26. The van der Waals surface area contributed by atoms with E-state index in [4.69, 9.17) is 4.74 Å². The van der Waals surface area contributed by atoms with Crippen LogP contribution in [0.15, 0.2) is 0 Å². The first kappa shape index (κ1) is 11.4. The lowest BCUT2D eigenvalue weighted by atomic mass is 9.93. The third-order valence-corrected chi connectivity index (χ3v) is 4.11. The minimum absolute atomic E-state index is 0.686. The molecule has 2 nitrogen and oxygen atoms in total. The van der Waals surface area contributed by atoms with E-state index in [1.54, 1.807) is 0 Å². The van der Waals surface area contributed by atoms with Crippen molar-refractivity contribution in [2.45, 2.75) is 58.7 Å². The molecule has 0 bridgehead atoms. The normalized spacial score (nSPS) is 37.6. The number of nitrogens with zero attached hydrogens (tertiary/aromatic N) is 1. The quantitative estimate of drug-likeness (QED) is 0.696. The van der Waals surface area contributed by atoms with Crippen molar-refractivity contribution in [2.75, 3.05) is 13.2 Å². The maximum absolute atomic E-state index is 5.61. The second-order valence-corrected chi connectivity index (χ2v) is 5.78. The number of fused-ring (bicyclic) bond motifs is 1. The van der Waals surface area contributed by atoms with Gasteiger partial charge in [0.1, 0.15) is 0 Å². The van der Waals surface area contributed by atoms with Crippen molar-refractivity contribution in [3.63, 3.8) is 0 Å². The van der Waals surface area contributed by atoms with Crippen molar-refractivity contribution in [2.24, 2.45) is 11.8 Å². The molecular weight excluding hydrogens is 186 g/mol. The Labute approximate surface area is 94.0 Å². The van der Waals surface area contributed by atoms with E-state index in [1.165, 1.54) is 12.8 Å². The van der Waals surface area contributed by atoms with Crippen LogP contribution in [0.25, 0.3) is 0 Å². The van der Waals surface area contributed by atoms with Crippen LogP contribution in [0.1, 0.15) is 40.5 Å². The Morgan fingerprint density at radius 1 is 1.20 bits per heavy atom. The Morgan fingerprint density at radius 2 is 1.93 bits per heavy atom. The summed E-state index contributed by atoms with van der Waals surface area (Å²) in [4.78, 5) is 2.76. The van der Waals surface area contributed by atoms with Crippen molar-refractivity contribution in [3.8, 4) is 0 Å². The van der Waals surface area contributed by atoms with E-state index in [-0.39, 0.29) is 0 Å². The third kappa shape index (κ3) is 2.07. The lowest BCUT2D eigenvalue weighted by Gasteiger charge is -2.38. The molecule has 0 N–H and O–H groups in total. The standard InChI is InChI=1S/C13H25NO/c1-9(2)13-7-11-8-15-6-5-12(11)14(13)10(3)4/h9-13H,5-8H2,1-4H3/t11?,12?,13-/m1/s1. The molecular formula is C13H25NO. The van der Waals surface area contributed by atoms with Gasteiger partial charge < -0.3 is 4.74 Å². The van der Waals surface area contributed by atoms with Crippen molar-refractivity contribution >= 4 is 0 Å². The van der Waals surface area contributed by atoms with Gasteiger partial charge in [0, 0.05) is 24.7 Å². The minimum atomic E-state index is 0.686. The molecule has 0 aromatic rings. The maximum Gasteiger partial charge on any atom is 0.0509 e. The molecule has 2 aliphatic heterocycles. The number of likely N-dealkylation sites (tertiary alicyclic amines) is 1. The molecule has 0 saturated carbocycles. The van der Waals surface area contributed by atoms with E-state index < -0.39 is 0 Å². The highest BCUT2D eigenvalue weighted by Crippen LogP contribution is 2.38. The molecule has 3 atom stereocenters. The van der Waals surface area contributed by atoms with E-state index in [0.29, 0.717) is 6.04 Å². The van der Waals surface area contributed by atoms with Gasteiger partial charge in [0.25, 0.3) is 0 Å². The van der Waals surface area contributed by atoms with Gasteiger partial charge in [0.15, 0.2) is 0 Å². The third-order valence-electron chi connectivity index (χ3n) is 4.11. The second-order valence-electron chi connectivity index (χ2n) is 5.78. The van der Waals surface area contributed by atoms with Crippen LogP contribution in [0.4, 0.5) is 0 Å². The topological polar surface area (TPSA) is 12.5 Å². The molecule has 88 valence electrons. The van der Waals surface area contributed by atoms with Crippen LogP contribution in [0, 0.1) is 11.8 Å². The molecule has 0 aliphatic carbocycles. The minimum Gasteiger partial charge on any atom is -0.381 e. The van der Waals surface area contributed by atoms with E-state index in [0.717, 1.165) is 37.1 Å². The zero-order valence-corrected chi connectivity index (χ0v) is 10.6. The first-order chi connectivity index (χ1) is 7.11. The Morgan fingerprint density at radius 3 is 2.53 bits per heavy atom. The molecule has 2 aliphatic rings.